The Morgan fingerprint density at radius 2 is 1.79 bits per heavy atom. The van der Waals surface area contributed by atoms with Crippen molar-refractivity contribution in [1.82, 2.24) is 15.5 Å². The summed E-state index contributed by atoms with van der Waals surface area (Å²) in [5, 5.41) is 15.9. The Bertz CT molecular complexity index is 1310. The van der Waals surface area contributed by atoms with E-state index >= 15 is 0 Å². The fourth-order valence-electron chi connectivity index (χ4n) is 3.99. The number of benzene rings is 3. The van der Waals surface area contributed by atoms with E-state index in [2.05, 4.69) is 40.6 Å². The third-order valence-electron chi connectivity index (χ3n) is 5.65. The van der Waals surface area contributed by atoms with Crippen molar-refractivity contribution in [1.29, 1.82) is 0 Å². The van der Waals surface area contributed by atoms with Crippen molar-refractivity contribution in [3.05, 3.63) is 82.9 Å². The molecule has 4 rings (SSSR count). The molecule has 0 fully saturated rings. The van der Waals surface area contributed by atoms with E-state index in [1.165, 1.54) is 11.1 Å². The van der Waals surface area contributed by atoms with Gasteiger partial charge in [-0.1, -0.05) is 53.7 Å². The van der Waals surface area contributed by atoms with Crippen LogP contribution in [0.2, 0.25) is 0 Å². The van der Waals surface area contributed by atoms with E-state index in [1.54, 1.807) is 7.11 Å². The van der Waals surface area contributed by atoms with E-state index < -0.39 is 5.97 Å². The summed E-state index contributed by atoms with van der Waals surface area (Å²) < 4.78 is 11.1. The zero-order chi connectivity index (χ0) is 24.1. The first-order valence-corrected chi connectivity index (χ1v) is 11.0. The maximum Gasteiger partial charge on any atom is 0.317 e. The van der Waals surface area contributed by atoms with Crippen LogP contribution >= 0.6 is 0 Å². The summed E-state index contributed by atoms with van der Waals surface area (Å²) >= 11 is 0. The molecule has 0 spiro atoms. The molecule has 0 amide bonds. The average Bonchev–Trinajstić information content (AvgIpc) is 3.30. The summed E-state index contributed by atoms with van der Waals surface area (Å²) in [6, 6.07) is 20.2. The summed E-state index contributed by atoms with van der Waals surface area (Å²) in [7, 11) is 1.68. The Balaban J connectivity index is 1.60. The van der Waals surface area contributed by atoms with Crippen LogP contribution in [0.25, 0.3) is 34.0 Å². The molecule has 0 saturated heterocycles. The summed E-state index contributed by atoms with van der Waals surface area (Å²) in [6.45, 7) is 4.93. The highest BCUT2D eigenvalue weighted by Gasteiger charge is 2.16. The normalized spacial score (nSPS) is 11.0. The second-order valence-corrected chi connectivity index (χ2v) is 8.19. The first-order valence-electron chi connectivity index (χ1n) is 11.0. The lowest BCUT2D eigenvalue weighted by molar-refractivity contribution is -0.136. The van der Waals surface area contributed by atoms with Crippen LogP contribution in [-0.2, 0) is 22.7 Å². The quantitative estimate of drug-likeness (QED) is 0.365. The molecule has 2 N–H and O–H groups in total. The van der Waals surface area contributed by atoms with E-state index in [0.717, 1.165) is 33.4 Å². The van der Waals surface area contributed by atoms with Crippen LogP contribution in [0, 0.1) is 13.8 Å². The van der Waals surface area contributed by atoms with Gasteiger partial charge in [0.05, 0.1) is 13.2 Å². The molecule has 7 nitrogen and oxygen atoms in total. The fourth-order valence-corrected chi connectivity index (χ4v) is 3.99. The van der Waals surface area contributed by atoms with Gasteiger partial charge in [-0.05, 0) is 59.4 Å². The van der Waals surface area contributed by atoms with E-state index in [1.807, 2.05) is 49.4 Å². The zero-order valence-electron chi connectivity index (χ0n) is 19.5. The Kier molecular flexibility index (Phi) is 7.15. The highest BCUT2D eigenvalue weighted by Crippen LogP contribution is 2.32. The highest BCUT2D eigenvalue weighted by molar-refractivity contribution is 5.74. The fraction of sp³-hybridized carbons (Fsp3) is 0.222. The number of hydrogen-bond donors (Lipinski definition) is 2. The van der Waals surface area contributed by atoms with Crippen LogP contribution in [0.15, 0.2) is 65.2 Å². The lowest BCUT2D eigenvalue weighted by atomic mass is 9.94. The minimum absolute atomic E-state index is 0.0807. The van der Waals surface area contributed by atoms with Crippen LogP contribution in [0.5, 0.6) is 0 Å². The maximum absolute atomic E-state index is 10.7. The molecule has 3 aromatic carbocycles. The van der Waals surface area contributed by atoms with Crippen LogP contribution in [0.3, 0.4) is 0 Å². The number of methoxy groups -OCH3 is 1. The molecular weight excluding hydrogens is 430 g/mol. The average molecular weight is 458 g/mol. The van der Waals surface area contributed by atoms with Crippen molar-refractivity contribution in [3.63, 3.8) is 0 Å². The smallest absolute Gasteiger partial charge is 0.317 e. The van der Waals surface area contributed by atoms with Gasteiger partial charge in [-0.2, -0.15) is 4.98 Å². The van der Waals surface area contributed by atoms with Crippen LogP contribution < -0.4 is 5.32 Å². The molecule has 7 heteroatoms. The molecule has 0 aliphatic carbocycles. The number of carboxylic acids is 1. The number of hydrogen-bond acceptors (Lipinski definition) is 6. The van der Waals surface area contributed by atoms with Gasteiger partial charge in [0.1, 0.15) is 0 Å². The van der Waals surface area contributed by atoms with Gasteiger partial charge in [-0.25, -0.2) is 0 Å². The number of aryl methyl sites for hydroxylation is 2. The Hall–Kier alpha value is -3.81. The molecule has 4 aromatic rings. The first kappa shape index (κ1) is 23.4. The molecule has 1 heterocycles. The number of nitrogens with zero attached hydrogens (tertiary/aromatic N) is 2. The number of aliphatic carboxylic acids is 1. The molecule has 0 bridgehead atoms. The van der Waals surface area contributed by atoms with Gasteiger partial charge in [0.15, 0.2) is 0 Å². The molecule has 0 aliphatic heterocycles. The van der Waals surface area contributed by atoms with Gasteiger partial charge in [0.2, 0.25) is 5.82 Å². The van der Waals surface area contributed by atoms with Gasteiger partial charge in [-0.3, -0.25) is 4.79 Å². The third-order valence-corrected chi connectivity index (χ3v) is 5.65. The maximum atomic E-state index is 10.7. The lowest BCUT2D eigenvalue weighted by Crippen LogP contribution is -2.21. The number of ether oxygens (including phenoxy) is 1. The van der Waals surface area contributed by atoms with Gasteiger partial charge < -0.3 is 19.7 Å². The van der Waals surface area contributed by atoms with Gasteiger partial charge in [0.25, 0.3) is 5.89 Å². The summed E-state index contributed by atoms with van der Waals surface area (Å²) in [4.78, 5) is 15.3. The van der Waals surface area contributed by atoms with Crippen LogP contribution in [0.1, 0.15) is 22.3 Å². The second kappa shape index (κ2) is 10.4. The largest absolute Gasteiger partial charge is 0.480 e. The minimum atomic E-state index is -0.881. The van der Waals surface area contributed by atoms with Crippen molar-refractivity contribution in [3.8, 4) is 34.0 Å². The molecule has 0 radical (unpaired) electrons. The van der Waals surface area contributed by atoms with E-state index in [-0.39, 0.29) is 6.54 Å². The summed E-state index contributed by atoms with van der Waals surface area (Å²) in [5.41, 5.74) is 8.19. The Morgan fingerprint density at radius 1 is 1.00 bits per heavy atom. The van der Waals surface area contributed by atoms with E-state index in [9.17, 15) is 4.79 Å². The minimum Gasteiger partial charge on any atom is -0.480 e. The predicted octanol–water partition coefficient (Wildman–Crippen LogP) is 5.01. The van der Waals surface area contributed by atoms with Crippen LogP contribution in [-0.4, -0.2) is 34.9 Å². The van der Waals surface area contributed by atoms with Gasteiger partial charge in [-0.15, -0.1) is 0 Å². The molecular formula is C27H27N3O4. The summed E-state index contributed by atoms with van der Waals surface area (Å²) in [5.74, 6) is 0.0670. The molecule has 0 saturated carbocycles. The van der Waals surface area contributed by atoms with Crippen molar-refractivity contribution < 1.29 is 19.2 Å². The SMILES string of the molecule is COCc1cc(-c2nc(-c3ccc(CNCC(=O)O)cc3C)no2)ccc1-c1ccccc1C. The zero-order valence-corrected chi connectivity index (χ0v) is 19.5. The third kappa shape index (κ3) is 5.22. The highest BCUT2D eigenvalue weighted by atomic mass is 16.5. The standard InChI is InChI=1S/C27H27N3O4/c1-17-6-4-5-7-22(17)24-11-9-20(13-21(24)16-33-3)27-29-26(30-34-27)23-10-8-19(12-18(23)2)14-28-15-25(31)32/h4-13,28H,14-16H2,1-3H3,(H,31,32). The molecule has 0 atom stereocenters. The van der Waals surface area contributed by atoms with Crippen molar-refractivity contribution >= 4 is 5.97 Å². The predicted molar refractivity (Wildman–Crippen MR) is 130 cm³/mol. The molecule has 34 heavy (non-hydrogen) atoms. The number of rotatable bonds is 9. The van der Waals surface area contributed by atoms with Crippen molar-refractivity contribution in [2.75, 3.05) is 13.7 Å². The van der Waals surface area contributed by atoms with Gasteiger partial charge >= 0.3 is 5.97 Å². The Labute approximate surface area is 198 Å². The first-order chi connectivity index (χ1) is 16.5. The van der Waals surface area contributed by atoms with Crippen molar-refractivity contribution in [2.45, 2.75) is 27.0 Å². The van der Waals surface area contributed by atoms with Gasteiger partial charge in [0, 0.05) is 24.8 Å². The number of aromatic nitrogens is 2. The topological polar surface area (TPSA) is 97.5 Å². The summed E-state index contributed by atoms with van der Waals surface area (Å²) in [6.07, 6.45) is 0. The molecule has 174 valence electrons. The molecule has 1 aromatic heterocycles. The lowest BCUT2D eigenvalue weighted by Gasteiger charge is -2.12. The number of nitrogens with one attached hydrogen (secondary N) is 1. The molecule has 0 aliphatic rings. The Morgan fingerprint density at radius 3 is 2.53 bits per heavy atom. The molecule has 0 unspecified atom stereocenters. The van der Waals surface area contributed by atoms with E-state index in [4.69, 9.17) is 14.4 Å². The van der Waals surface area contributed by atoms with E-state index in [0.29, 0.717) is 24.9 Å². The monoisotopic (exact) mass is 457 g/mol. The van der Waals surface area contributed by atoms with Crippen LogP contribution in [0.4, 0.5) is 0 Å². The number of carbonyl (C=O) groups is 1. The second-order valence-electron chi connectivity index (χ2n) is 8.19. The number of carboxylic acid groups (broad SMARTS) is 1. The van der Waals surface area contributed by atoms with Crippen molar-refractivity contribution in [2.24, 2.45) is 0 Å².